The SMILES string of the molecule is Nc1ccccc1NC(=O)c1ccc(-c2cccc(Cl)c2Cl)o1. The maximum absolute atomic E-state index is 12.2. The summed E-state index contributed by atoms with van der Waals surface area (Å²) in [6.45, 7) is 0. The van der Waals surface area contributed by atoms with Gasteiger partial charge in [-0.25, -0.2) is 0 Å². The second kappa shape index (κ2) is 6.36. The minimum Gasteiger partial charge on any atom is -0.451 e. The van der Waals surface area contributed by atoms with E-state index in [9.17, 15) is 4.79 Å². The molecule has 2 aromatic carbocycles. The third-order valence-electron chi connectivity index (χ3n) is 3.26. The molecule has 116 valence electrons. The number of furan rings is 1. The lowest BCUT2D eigenvalue weighted by atomic mass is 10.2. The minimum atomic E-state index is -0.396. The standard InChI is InChI=1S/C17H12Cl2N2O2/c18-11-5-3-4-10(16(11)19)14-8-9-15(23-14)17(22)21-13-7-2-1-6-12(13)20/h1-9H,20H2,(H,21,22). The Kier molecular flexibility index (Phi) is 4.28. The third kappa shape index (κ3) is 3.18. The fourth-order valence-electron chi connectivity index (χ4n) is 2.09. The van der Waals surface area contributed by atoms with Crippen LogP contribution in [0.25, 0.3) is 11.3 Å². The zero-order chi connectivity index (χ0) is 16.4. The van der Waals surface area contributed by atoms with Crippen LogP contribution in [0.15, 0.2) is 59.0 Å². The maximum atomic E-state index is 12.2. The largest absolute Gasteiger partial charge is 0.451 e. The second-order valence-corrected chi connectivity index (χ2v) is 5.59. The van der Waals surface area contributed by atoms with Crippen LogP contribution in [0, 0.1) is 0 Å². The van der Waals surface area contributed by atoms with Gasteiger partial charge in [-0.1, -0.05) is 41.4 Å². The monoisotopic (exact) mass is 346 g/mol. The number of amides is 1. The molecule has 0 fully saturated rings. The zero-order valence-electron chi connectivity index (χ0n) is 11.8. The number of halogens is 2. The molecule has 3 rings (SSSR count). The van der Waals surface area contributed by atoms with Crippen molar-refractivity contribution in [3.05, 3.63) is 70.4 Å². The number of para-hydroxylation sites is 2. The zero-order valence-corrected chi connectivity index (χ0v) is 13.4. The summed E-state index contributed by atoms with van der Waals surface area (Å²) in [5.41, 5.74) is 7.43. The predicted octanol–water partition coefficient (Wildman–Crippen LogP) is 5.09. The summed E-state index contributed by atoms with van der Waals surface area (Å²) in [7, 11) is 0. The van der Waals surface area contributed by atoms with Gasteiger partial charge in [-0.15, -0.1) is 0 Å². The molecular formula is C17H12Cl2N2O2. The number of hydrogen-bond donors (Lipinski definition) is 2. The van der Waals surface area contributed by atoms with Gasteiger partial charge in [-0.3, -0.25) is 4.79 Å². The molecule has 0 atom stereocenters. The van der Waals surface area contributed by atoms with Crippen molar-refractivity contribution < 1.29 is 9.21 Å². The maximum Gasteiger partial charge on any atom is 0.291 e. The van der Waals surface area contributed by atoms with E-state index in [1.165, 1.54) is 0 Å². The average Bonchev–Trinajstić information content (AvgIpc) is 3.02. The first-order valence-electron chi connectivity index (χ1n) is 6.76. The molecule has 0 spiro atoms. The number of carbonyl (C=O) groups excluding carboxylic acids is 1. The molecule has 3 N–H and O–H groups in total. The fraction of sp³-hybridized carbons (Fsp3) is 0. The first-order chi connectivity index (χ1) is 11.1. The molecule has 1 aromatic heterocycles. The van der Waals surface area contributed by atoms with Gasteiger partial charge >= 0.3 is 0 Å². The van der Waals surface area contributed by atoms with E-state index in [0.717, 1.165) is 0 Å². The van der Waals surface area contributed by atoms with Crippen LogP contribution in [0.4, 0.5) is 11.4 Å². The summed E-state index contributed by atoms with van der Waals surface area (Å²) in [6.07, 6.45) is 0. The van der Waals surface area contributed by atoms with Crippen LogP contribution in [0.1, 0.15) is 10.6 Å². The van der Waals surface area contributed by atoms with E-state index in [2.05, 4.69) is 5.32 Å². The van der Waals surface area contributed by atoms with Crippen LogP contribution in [-0.2, 0) is 0 Å². The van der Waals surface area contributed by atoms with Crippen molar-refractivity contribution in [2.75, 3.05) is 11.1 Å². The lowest BCUT2D eigenvalue weighted by Gasteiger charge is -2.06. The van der Waals surface area contributed by atoms with E-state index in [4.69, 9.17) is 33.4 Å². The average molecular weight is 347 g/mol. The van der Waals surface area contributed by atoms with Gasteiger partial charge in [-0.2, -0.15) is 0 Å². The molecule has 1 amide bonds. The first-order valence-corrected chi connectivity index (χ1v) is 7.52. The molecule has 0 saturated heterocycles. The predicted molar refractivity (Wildman–Crippen MR) is 93.0 cm³/mol. The van der Waals surface area contributed by atoms with Gasteiger partial charge in [0.15, 0.2) is 5.76 Å². The van der Waals surface area contributed by atoms with Crippen LogP contribution in [0.2, 0.25) is 10.0 Å². The molecule has 0 saturated carbocycles. The summed E-state index contributed by atoms with van der Waals surface area (Å²) in [5, 5.41) is 3.50. The Morgan fingerprint density at radius 3 is 2.57 bits per heavy atom. The van der Waals surface area contributed by atoms with Crippen LogP contribution in [-0.4, -0.2) is 5.91 Å². The number of nitrogen functional groups attached to an aromatic ring is 1. The molecule has 0 bridgehead atoms. The smallest absolute Gasteiger partial charge is 0.291 e. The van der Waals surface area contributed by atoms with Gasteiger partial charge in [0, 0.05) is 5.56 Å². The fourth-order valence-corrected chi connectivity index (χ4v) is 2.49. The highest BCUT2D eigenvalue weighted by Gasteiger charge is 2.15. The Bertz CT molecular complexity index is 875. The van der Waals surface area contributed by atoms with Gasteiger partial charge in [0.25, 0.3) is 5.91 Å². The van der Waals surface area contributed by atoms with E-state index in [1.807, 2.05) is 0 Å². The summed E-state index contributed by atoms with van der Waals surface area (Å²) in [5.74, 6) is 0.218. The van der Waals surface area contributed by atoms with Gasteiger partial charge in [-0.05, 0) is 36.4 Å². The molecule has 1 heterocycles. The lowest BCUT2D eigenvalue weighted by Crippen LogP contribution is -2.12. The van der Waals surface area contributed by atoms with Crippen molar-refractivity contribution in [1.29, 1.82) is 0 Å². The van der Waals surface area contributed by atoms with Gasteiger partial charge in [0.2, 0.25) is 0 Å². The Morgan fingerprint density at radius 1 is 1.00 bits per heavy atom. The highest BCUT2D eigenvalue weighted by Crippen LogP contribution is 2.34. The minimum absolute atomic E-state index is 0.152. The highest BCUT2D eigenvalue weighted by atomic mass is 35.5. The van der Waals surface area contributed by atoms with E-state index in [1.54, 1.807) is 54.6 Å². The molecule has 0 unspecified atom stereocenters. The topological polar surface area (TPSA) is 68.3 Å². The molecule has 6 heteroatoms. The van der Waals surface area contributed by atoms with Crippen molar-refractivity contribution in [3.63, 3.8) is 0 Å². The molecule has 0 aliphatic rings. The number of carbonyl (C=O) groups is 1. The Hall–Kier alpha value is -2.43. The summed E-state index contributed by atoms with van der Waals surface area (Å²) >= 11 is 12.1. The molecule has 0 aliphatic carbocycles. The molecule has 0 aliphatic heterocycles. The van der Waals surface area contributed by atoms with E-state index >= 15 is 0 Å². The van der Waals surface area contributed by atoms with Crippen LogP contribution >= 0.6 is 23.2 Å². The van der Waals surface area contributed by atoms with Gasteiger partial charge < -0.3 is 15.5 Å². The summed E-state index contributed by atoms with van der Waals surface area (Å²) < 4.78 is 5.58. The van der Waals surface area contributed by atoms with Gasteiger partial charge in [0.05, 0.1) is 21.4 Å². The second-order valence-electron chi connectivity index (χ2n) is 4.81. The van der Waals surface area contributed by atoms with Crippen LogP contribution in [0.5, 0.6) is 0 Å². The van der Waals surface area contributed by atoms with Crippen LogP contribution < -0.4 is 11.1 Å². The highest BCUT2D eigenvalue weighted by molar-refractivity contribution is 6.43. The van der Waals surface area contributed by atoms with Crippen molar-refractivity contribution in [3.8, 4) is 11.3 Å². The number of nitrogens with two attached hydrogens (primary N) is 1. The van der Waals surface area contributed by atoms with Crippen molar-refractivity contribution in [2.45, 2.75) is 0 Å². The number of rotatable bonds is 3. The van der Waals surface area contributed by atoms with E-state index < -0.39 is 5.91 Å². The summed E-state index contributed by atoms with van der Waals surface area (Å²) in [6, 6.07) is 15.4. The van der Waals surface area contributed by atoms with E-state index in [-0.39, 0.29) is 5.76 Å². The number of benzene rings is 2. The Labute approximate surface area is 142 Å². The third-order valence-corrected chi connectivity index (χ3v) is 4.07. The number of hydrogen-bond acceptors (Lipinski definition) is 3. The van der Waals surface area contributed by atoms with Crippen molar-refractivity contribution in [1.82, 2.24) is 0 Å². The molecule has 23 heavy (non-hydrogen) atoms. The van der Waals surface area contributed by atoms with Crippen molar-refractivity contribution in [2.24, 2.45) is 0 Å². The Balaban J connectivity index is 1.86. The molecule has 4 nitrogen and oxygen atoms in total. The summed E-state index contributed by atoms with van der Waals surface area (Å²) in [4.78, 5) is 12.2. The van der Waals surface area contributed by atoms with Crippen molar-refractivity contribution >= 4 is 40.5 Å². The van der Waals surface area contributed by atoms with Crippen LogP contribution in [0.3, 0.4) is 0 Å². The normalized spacial score (nSPS) is 10.5. The quantitative estimate of drug-likeness (QED) is 0.649. The van der Waals surface area contributed by atoms with E-state index in [0.29, 0.717) is 32.7 Å². The number of nitrogens with one attached hydrogen (secondary N) is 1. The lowest BCUT2D eigenvalue weighted by molar-refractivity contribution is 0.0997. The van der Waals surface area contributed by atoms with Gasteiger partial charge in [0.1, 0.15) is 5.76 Å². The Morgan fingerprint density at radius 2 is 1.78 bits per heavy atom. The molecular weight excluding hydrogens is 335 g/mol. The molecule has 3 aromatic rings. The molecule has 0 radical (unpaired) electrons. The first kappa shape index (κ1) is 15.5. The number of anilines is 2.